The van der Waals surface area contributed by atoms with Gasteiger partial charge in [0.15, 0.2) is 6.61 Å². The zero-order valence-corrected chi connectivity index (χ0v) is 16.8. The zero-order chi connectivity index (χ0) is 20.2. The van der Waals surface area contributed by atoms with Crippen LogP contribution < -0.4 is 9.46 Å². The largest absolute Gasteiger partial charge is 0.497 e. The number of hydrogen-bond acceptors (Lipinski definition) is 7. The molecule has 9 heteroatoms. The van der Waals surface area contributed by atoms with Crippen LogP contribution in [-0.4, -0.2) is 32.5 Å². The first kappa shape index (κ1) is 20.9. The monoisotopic (exact) mass is 396 g/mol. The number of oxazole rings is 1. The second-order valence-corrected chi connectivity index (χ2v) is 8.09. The Morgan fingerprint density at radius 2 is 1.85 bits per heavy atom. The highest BCUT2D eigenvalue weighted by atomic mass is 32.2. The van der Waals surface area contributed by atoms with Crippen LogP contribution in [0.4, 0.5) is 0 Å². The number of carbonyl (C=O) groups excluding carboxylic acids is 1. The van der Waals surface area contributed by atoms with Gasteiger partial charge in [-0.2, -0.15) is 4.72 Å². The molecule has 148 valence electrons. The molecule has 0 aliphatic heterocycles. The standard InChI is InChI=1S/C18H24N2O6S/c1-11(2)17(18(21)25-10-16-19-12(3)13(4)26-16)20-27(22,23)15-8-6-14(24-5)7-9-15/h6-9,11,17,20H,10H2,1-5H3/t17-/m0/s1. The molecule has 0 saturated heterocycles. The van der Waals surface area contributed by atoms with E-state index in [1.54, 1.807) is 27.7 Å². The Hall–Kier alpha value is -2.39. The van der Waals surface area contributed by atoms with Crippen molar-refractivity contribution in [1.82, 2.24) is 9.71 Å². The third-order valence-electron chi connectivity index (χ3n) is 3.98. The van der Waals surface area contributed by atoms with E-state index >= 15 is 0 Å². The summed E-state index contributed by atoms with van der Waals surface area (Å²) in [7, 11) is -2.42. The van der Waals surface area contributed by atoms with Crippen LogP contribution in [0.3, 0.4) is 0 Å². The van der Waals surface area contributed by atoms with Crippen molar-refractivity contribution in [2.45, 2.75) is 45.2 Å². The van der Waals surface area contributed by atoms with Crippen LogP contribution >= 0.6 is 0 Å². The number of benzene rings is 1. The highest BCUT2D eigenvalue weighted by Crippen LogP contribution is 2.17. The van der Waals surface area contributed by atoms with Gasteiger partial charge in [0.1, 0.15) is 17.6 Å². The Balaban J connectivity index is 2.09. The van der Waals surface area contributed by atoms with Crippen molar-refractivity contribution in [2.75, 3.05) is 7.11 Å². The number of rotatable bonds is 8. The molecule has 0 aliphatic carbocycles. The topological polar surface area (TPSA) is 108 Å². The summed E-state index contributed by atoms with van der Waals surface area (Å²) in [6.07, 6.45) is 0. The van der Waals surface area contributed by atoms with E-state index in [2.05, 4.69) is 9.71 Å². The van der Waals surface area contributed by atoms with Gasteiger partial charge >= 0.3 is 5.97 Å². The fourth-order valence-corrected chi connectivity index (χ4v) is 3.60. The van der Waals surface area contributed by atoms with E-state index in [4.69, 9.17) is 13.9 Å². The number of methoxy groups -OCH3 is 1. The number of hydrogen-bond donors (Lipinski definition) is 1. The lowest BCUT2D eigenvalue weighted by atomic mass is 10.1. The highest BCUT2D eigenvalue weighted by Gasteiger charge is 2.30. The fourth-order valence-electron chi connectivity index (χ4n) is 2.27. The van der Waals surface area contributed by atoms with Crippen LogP contribution in [0.15, 0.2) is 33.6 Å². The lowest BCUT2D eigenvalue weighted by Crippen LogP contribution is -2.45. The Kier molecular flexibility index (Phi) is 6.61. The maximum atomic E-state index is 12.6. The maximum absolute atomic E-state index is 12.6. The van der Waals surface area contributed by atoms with E-state index in [1.165, 1.54) is 31.4 Å². The Bertz CT molecular complexity index is 868. The average molecular weight is 396 g/mol. The third kappa shape index (κ3) is 5.30. The van der Waals surface area contributed by atoms with Gasteiger partial charge < -0.3 is 13.9 Å². The number of esters is 1. The summed E-state index contributed by atoms with van der Waals surface area (Å²) in [5.74, 6) is 0.417. The first-order chi connectivity index (χ1) is 12.6. The molecule has 2 rings (SSSR count). The Labute approximate surface area is 158 Å². The predicted octanol–water partition coefficient (Wildman–Crippen LogP) is 2.35. The molecule has 0 bridgehead atoms. The number of aromatic nitrogens is 1. The molecule has 0 unspecified atom stereocenters. The second-order valence-electron chi connectivity index (χ2n) is 6.38. The molecule has 0 spiro atoms. The van der Waals surface area contributed by atoms with Gasteiger partial charge in [0.25, 0.3) is 0 Å². The Morgan fingerprint density at radius 1 is 1.22 bits per heavy atom. The first-order valence-corrected chi connectivity index (χ1v) is 9.88. The van der Waals surface area contributed by atoms with Gasteiger partial charge in [-0.1, -0.05) is 13.8 Å². The SMILES string of the molecule is COc1ccc(S(=O)(=O)N[C@H](C(=O)OCc2nc(C)c(C)o2)C(C)C)cc1. The first-order valence-electron chi connectivity index (χ1n) is 8.40. The normalized spacial score (nSPS) is 12.8. The smallest absolute Gasteiger partial charge is 0.324 e. The van der Waals surface area contributed by atoms with Crippen LogP contribution in [0, 0.1) is 19.8 Å². The summed E-state index contributed by atoms with van der Waals surface area (Å²) >= 11 is 0. The molecule has 1 aromatic heterocycles. The van der Waals surface area contributed by atoms with Gasteiger partial charge in [0.05, 0.1) is 17.7 Å². The minimum absolute atomic E-state index is 0.0284. The summed E-state index contributed by atoms with van der Waals surface area (Å²) in [5, 5.41) is 0. The van der Waals surface area contributed by atoms with E-state index in [1.807, 2.05) is 0 Å². The molecule has 1 aromatic carbocycles. The van der Waals surface area contributed by atoms with E-state index in [0.717, 1.165) is 0 Å². The zero-order valence-electron chi connectivity index (χ0n) is 16.0. The van der Waals surface area contributed by atoms with Crippen LogP contribution in [0.5, 0.6) is 5.75 Å². The summed E-state index contributed by atoms with van der Waals surface area (Å²) in [4.78, 5) is 16.6. The van der Waals surface area contributed by atoms with Crippen molar-refractivity contribution in [1.29, 1.82) is 0 Å². The van der Waals surface area contributed by atoms with Crippen molar-refractivity contribution in [3.8, 4) is 5.75 Å². The average Bonchev–Trinajstić information content (AvgIpc) is 2.95. The van der Waals surface area contributed by atoms with Crippen LogP contribution in [0.1, 0.15) is 31.2 Å². The van der Waals surface area contributed by atoms with Crippen molar-refractivity contribution in [2.24, 2.45) is 5.92 Å². The van der Waals surface area contributed by atoms with E-state index in [9.17, 15) is 13.2 Å². The number of aryl methyl sites for hydroxylation is 2. The number of nitrogens with zero attached hydrogens (tertiary/aromatic N) is 1. The summed E-state index contributed by atoms with van der Waals surface area (Å²) in [6.45, 7) is 6.82. The van der Waals surface area contributed by atoms with E-state index < -0.39 is 22.0 Å². The molecular weight excluding hydrogens is 372 g/mol. The quantitative estimate of drug-likeness (QED) is 0.682. The summed E-state index contributed by atoms with van der Waals surface area (Å²) in [5.41, 5.74) is 0.710. The van der Waals surface area contributed by atoms with Crippen LogP contribution in [-0.2, 0) is 26.2 Å². The van der Waals surface area contributed by atoms with E-state index in [-0.39, 0.29) is 23.3 Å². The number of ether oxygens (including phenoxy) is 2. The van der Waals surface area contributed by atoms with Gasteiger partial charge in [-0.05, 0) is 44.0 Å². The molecule has 8 nitrogen and oxygen atoms in total. The maximum Gasteiger partial charge on any atom is 0.324 e. The highest BCUT2D eigenvalue weighted by molar-refractivity contribution is 7.89. The van der Waals surface area contributed by atoms with Crippen molar-refractivity contribution >= 4 is 16.0 Å². The van der Waals surface area contributed by atoms with Gasteiger partial charge in [-0.25, -0.2) is 13.4 Å². The molecule has 1 N–H and O–H groups in total. The second kappa shape index (κ2) is 8.53. The molecular formula is C18H24N2O6S. The van der Waals surface area contributed by atoms with Crippen molar-refractivity contribution < 1.29 is 27.1 Å². The third-order valence-corrected chi connectivity index (χ3v) is 5.44. The van der Waals surface area contributed by atoms with Gasteiger partial charge in [0, 0.05) is 0 Å². The van der Waals surface area contributed by atoms with E-state index in [0.29, 0.717) is 17.2 Å². The lowest BCUT2D eigenvalue weighted by Gasteiger charge is -2.20. The van der Waals surface area contributed by atoms with Crippen LogP contribution in [0.25, 0.3) is 0 Å². The number of carbonyl (C=O) groups is 1. The fraction of sp³-hybridized carbons (Fsp3) is 0.444. The van der Waals surface area contributed by atoms with Crippen molar-refractivity contribution in [3.63, 3.8) is 0 Å². The van der Waals surface area contributed by atoms with Gasteiger partial charge in [-0.15, -0.1) is 0 Å². The molecule has 0 amide bonds. The molecule has 0 fully saturated rings. The molecule has 0 radical (unpaired) electrons. The minimum atomic E-state index is -3.91. The summed E-state index contributed by atoms with van der Waals surface area (Å²) in [6, 6.07) is 4.83. The predicted molar refractivity (Wildman–Crippen MR) is 97.7 cm³/mol. The van der Waals surface area contributed by atoms with Gasteiger partial charge in [-0.3, -0.25) is 4.79 Å². The summed E-state index contributed by atoms with van der Waals surface area (Å²) < 4.78 is 43.1. The number of sulfonamides is 1. The molecule has 0 saturated carbocycles. The molecule has 0 aliphatic rings. The van der Waals surface area contributed by atoms with Crippen LogP contribution in [0.2, 0.25) is 0 Å². The molecule has 1 atom stereocenters. The molecule has 2 aromatic rings. The Morgan fingerprint density at radius 3 is 2.33 bits per heavy atom. The van der Waals surface area contributed by atoms with Gasteiger partial charge in [0.2, 0.25) is 15.9 Å². The van der Waals surface area contributed by atoms with Crippen molar-refractivity contribution in [3.05, 3.63) is 41.6 Å². The number of nitrogens with one attached hydrogen (secondary N) is 1. The lowest BCUT2D eigenvalue weighted by molar-refractivity contribution is -0.148. The molecule has 1 heterocycles. The molecule has 27 heavy (non-hydrogen) atoms. The minimum Gasteiger partial charge on any atom is -0.497 e.